The number of nitrogens with zero attached hydrogens (tertiary/aromatic N) is 4. The fraction of sp³-hybridized carbons (Fsp3) is 0.353. The number of halogens is 1. The Morgan fingerprint density at radius 2 is 2.04 bits per heavy atom. The summed E-state index contributed by atoms with van der Waals surface area (Å²) in [6, 6.07) is 5.34. The summed E-state index contributed by atoms with van der Waals surface area (Å²) < 4.78 is 7.05. The lowest BCUT2D eigenvalue weighted by Gasteiger charge is -2.16. The van der Waals surface area contributed by atoms with Crippen LogP contribution in [0.5, 0.6) is 0 Å². The van der Waals surface area contributed by atoms with Gasteiger partial charge >= 0.3 is 0 Å². The maximum Gasteiger partial charge on any atom is 0.167 e. The van der Waals surface area contributed by atoms with Gasteiger partial charge in [0.2, 0.25) is 0 Å². The van der Waals surface area contributed by atoms with Gasteiger partial charge in [-0.3, -0.25) is 4.57 Å². The lowest BCUT2D eigenvalue weighted by Crippen LogP contribution is -2.33. The highest BCUT2D eigenvalue weighted by molar-refractivity contribution is 6.33. The van der Waals surface area contributed by atoms with Gasteiger partial charge in [-0.2, -0.15) is 0 Å². The first-order chi connectivity index (χ1) is 13.5. The quantitative estimate of drug-likeness (QED) is 0.376. The molecule has 148 valence electrons. The Kier molecular flexibility index (Phi) is 5.04. The number of nitrogens with one attached hydrogen (secondary N) is 1. The van der Waals surface area contributed by atoms with Crippen LogP contribution in [-0.2, 0) is 11.3 Å². The van der Waals surface area contributed by atoms with E-state index in [1.54, 1.807) is 12.1 Å². The number of rotatable bonds is 5. The van der Waals surface area contributed by atoms with Crippen molar-refractivity contribution in [3.63, 3.8) is 0 Å². The van der Waals surface area contributed by atoms with Crippen LogP contribution in [0, 0.1) is 0 Å². The predicted octanol–water partition coefficient (Wildman–Crippen LogP) is 0.285. The van der Waals surface area contributed by atoms with E-state index in [0.717, 1.165) is 5.56 Å². The van der Waals surface area contributed by atoms with Crippen LogP contribution in [0.2, 0.25) is 5.02 Å². The van der Waals surface area contributed by atoms with Gasteiger partial charge in [0.05, 0.1) is 23.6 Å². The molecule has 0 bridgehead atoms. The first kappa shape index (κ1) is 18.8. The first-order valence-electron chi connectivity index (χ1n) is 8.57. The number of aromatic nitrogens is 4. The molecule has 4 atom stereocenters. The van der Waals surface area contributed by atoms with Crippen molar-refractivity contribution in [3.8, 4) is 0 Å². The van der Waals surface area contributed by atoms with Crippen molar-refractivity contribution >= 4 is 34.3 Å². The molecule has 0 aliphatic carbocycles. The number of anilines is 2. The highest BCUT2D eigenvalue weighted by Crippen LogP contribution is 2.32. The summed E-state index contributed by atoms with van der Waals surface area (Å²) in [7, 11) is 0. The molecule has 10 nitrogen and oxygen atoms in total. The molecule has 3 heterocycles. The number of nitrogen functional groups attached to an aromatic ring is 1. The number of ether oxygens (including phenoxy) is 1. The summed E-state index contributed by atoms with van der Waals surface area (Å²) in [5.74, 6) is 0.489. The number of nitrogens with two attached hydrogens (primary N) is 1. The Hall–Kier alpha value is -2.50. The topological polar surface area (TPSA) is 152 Å². The second kappa shape index (κ2) is 7.49. The van der Waals surface area contributed by atoms with Crippen molar-refractivity contribution in [2.75, 3.05) is 17.7 Å². The van der Waals surface area contributed by atoms with Gasteiger partial charge in [-0.15, -0.1) is 0 Å². The van der Waals surface area contributed by atoms with E-state index in [-0.39, 0.29) is 0 Å². The second-order valence-corrected chi connectivity index (χ2v) is 6.89. The lowest BCUT2D eigenvalue weighted by molar-refractivity contribution is -0.0511. The normalized spacial score (nSPS) is 24.7. The molecule has 0 radical (unpaired) electrons. The van der Waals surface area contributed by atoms with Crippen molar-refractivity contribution in [3.05, 3.63) is 41.4 Å². The molecule has 4 rings (SSSR count). The largest absolute Gasteiger partial charge is 0.398 e. The molecule has 1 aliphatic heterocycles. The summed E-state index contributed by atoms with van der Waals surface area (Å²) in [5, 5.41) is 33.1. The number of fused-ring (bicyclic) bond motifs is 1. The molecule has 3 aromatic rings. The highest BCUT2D eigenvalue weighted by Gasteiger charge is 2.44. The second-order valence-electron chi connectivity index (χ2n) is 6.48. The Morgan fingerprint density at radius 3 is 2.75 bits per heavy atom. The molecule has 28 heavy (non-hydrogen) atoms. The van der Waals surface area contributed by atoms with Crippen LogP contribution >= 0.6 is 11.6 Å². The van der Waals surface area contributed by atoms with Crippen LogP contribution in [0.4, 0.5) is 11.5 Å². The number of imidazole rings is 1. The predicted molar refractivity (Wildman–Crippen MR) is 102 cm³/mol. The van der Waals surface area contributed by atoms with Crippen LogP contribution in [0.25, 0.3) is 11.2 Å². The zero-order valence-corrected chi connectivity index (χ0v) is 15.4. The fourth-order valence-corrected chi connectivity index (χ4v) is 3.35. The van der Waals surface area contributed by atoms with Crippen molar-refractivity contribution in [1.82, 2.24) is 19.5 Å². The zero-order chi connectivity index (χ0) is 19.8. The van der Waals surface area contributed by atoms with E-state index in [1.165, 1.54) is 17.2 Å². The van der Waals surface area contributed by atoms with Gasteiger partial charge in [0.25, 0.3) is 0 Å². The van der Waals surface area contributed by atoms with E-state index >= 15 is 0 Å². The molecule has 6 N–H and O–H groups in total. The Labute approximate surface area is 164 Å². The lowest BCUT2D eigenvalue weighted by atomic mass is 10.1. The minimum absolute atomic E-state index is 0.409. The Bertz CT molecular complexity index is 999. The third-order valence-corrected chi connectivity index (χ3v) is 5.00. The van der Waals surface area contributed by atoms with Gasteiger partial charge in [-0.25, -0.2) is 15.0 Å². The number of benzene rings is 1. The van der Waals surface area contributed by atoms with E-state index in [4.69, 9.17) is 22.1 Å². The minimum atomic E-state index is -1.22. The van der Waals surface area contributed by atoms with Crippen LogP contribution in [0.15, 0.2) is 30.9 Å². The summed E-state index contributed by atoms with van der Waals surface area (Å²) in [6.45, 7) is 0.0279. The average molecular weight is 407 g/mol. The van der Waals surface area contributed by atoms with Gasteiger partial charge < -0.3 is 31.1 Å². The van der Waals surface area contributed by atoms with Crippen molar-refractivity contribution < 1.29 is 20.1 Å². The number of hydrogen-bond acceptors (Lipinski definition) is 9. The third kappa shape index (κ3) is 3.25. The summed E-state index contributed by atoms with van der Waals surface area (Å²) in [4.78, 5) is 12.7. The van der Waals surface area contributed by atoms with E-state index < -0.39 is 31.1 Å². The van der Waals surface area contributed by atoms with Crippen LogP contribution < -0.4 is 11.1 Å². The van der Waals surface area contributed by atoms with Crippen molar-refractivity contribution in [2.45, 2.75) is 31.1 Å². The maximum absolute atomic E-state index is 10.2. The number of aliphatic hydroxyl groups is 3. The monoisotopic (exact) mass is 406 g/mol. The molecule has 0 amide bonds. The van der Waals surface area contributed by atoms with E-state index in [9.17, 15) is 15.3 Å². The molecule has 0 saturated carbocycles. The Balaban J connectivity index is 1.59. The number of aliphatic hydroxyl groups excluding tert-OH is 3. The molecular weight excluding hydrogens is 388 g/mol. The maximum atomic E-state index is 10.2. The van der Waals surface area contributed by atoms with Gasteiger partial charge in [0.1, 0.15) is 24.6 Å². The summed E-state index contributed by atoms with van der Waals surface area (Å²) in [5.41, 5.74) is 8.03. The van der Waals surface area contributed by atoms with Crippen LogP contribution in [0.3, 0.4) is 0 Å². The average Bonchev–Trinajstić information content (AvgIpc) is 3.24. The van der Waals surface area contributed by atoms with E-state index in [1.807, 2.05) is 6.07 Å². The van der Waals surface area contributed by atoms with E-state index in [0.29, 0.717) is 34.2 Å². The zero-order valence-electron chi connectivity index (χ0n) is 14.6. The van der Waals surface area contributed by atoms with Crippen LogP contribution in [0.1, 0.15) is 11.8 Å². The standard InChI is InChI=1S/C17H19ClN6O4/c18-9-3-8(1-2-10(9)19)4-20-15-12-16(22-6-21-15)24(7-23-12)17-14(27)13(26)11(5-25)28-17/h1-3,6-7,11,13-14,17,25-27H,4-5,19H2,(H,20,21,22)/t11-,13-,14-,17-/m1/s1. The summed E-state index contributed by atoms with van der Waals surface area (Å²) in [6.07, 6.45) is -1.42. The fourth-order valence-electron chi connectivity index (χ4n) is 3.14. The molecule has 2 aromatic heterocycles. The molecule has 11 heteroatoms. The molecule has 0 unspecified atom stereocenters. The van der Waals surface area contributed by atoms with E-state index in [2.05, 4.69) is 20.3 Å². The molecule has 1 aromatic carbocycles. The summed E-state index contributed by atoms with van der Waals surface area (Å²) >= 11 is 6.05. The molecule has 1 aliphatic rings. The third-order valence-electron chi connectivity index (χ3n) is 4.67. The van der Waals surface area contributed by atoms with Gasteiger partial charge in [-0.05, 0) is 17.7 Å². The molecule has 0 spiro atoms. The SMILES string of the molecule is Nc1ccc(CNc2ncnc3c2ncn3[C@@H]2O[C@H](CO)[C@@H](O)[C@H]2O)cc1Cl. The molecule has 1 saturated heterocycles. The van der Waals surface area contributed by atoms with Crippen molar-refractivity contribution in [2.24, 2.45) is 0 Å². The smallest absolute Gasteiger partial charge is 0.167 e. The highest BCUT2D eigenvalue weighted by atomic mass is 35.5. The molecule has 1 fully saturated rings. The minimum Gasteiger partial charge on any atom is -0.398 e. The van der Waals surface area contributed by atoms with Gasteiger partial charge in [-0.1, -0.05) is 17.7 Å². The van der Waals surface area contributed by atoms with Crippen molar-refractivity contribution in [1.29, 1.82) is 0 Å². The van der Waals surface area contributed by atoms with Crippen LogP contribution in [-0.4, -0.2) is 59.8 Å². The Morgan fingerprint density at radius 1 is 1.21 bits per heavy atom. The van der Waals surface area contributed by atoms with Gasteiger partial charge in [0.15, 0.2) is 23.2 Å². The van der Waals surface area contributed by atoms with Gasteiger partial charge in [0, 0.05) is 6.54 Å². The first-order valence-corrected chi connectivity index (χ1v) is 8.95. The number of hydrogen-bond donors (Lipinski definition) is 5. The molecular formula is C17H19ClN6O4.